The number of sulfone groups is 1. The Morgan fingerprint density at radius 2 is 2.00 bits per heavy atom. The minimum absolute atomic E-state index is 0.0454. The van der Waals surface area contributed by atoms with E-state index in [-0.39, 0.29) is 23.5 Å². The maximum atomic E-state index is 12.0. The van der Waals surface area contributed by atoms with E-state index in [4.69, 9.17) is 0 Å². The number of anilines is 1. The molecule has 7 heteroatoms. The van der Waals surface area contributed by atoms with Crippen molar-refractivity contribution < 1.29 is 13.2 Å². The lowest BCUT2D eigenvalue weighted by molar-refractivity contribution is -0.122. The van der Waals surface area contributed by atoms with E-state index < -0.39 is 15.9 Å². The fraction of sp³-hybridized carbons (Fsp3) is 0.462. The number of halogens is 1. The largest absolute Gasteiger partial charge is 0.374 e. The maximum Gasteiger partial charge on any atom is 0.242 e. The van der Waals surface area contributed by atoms with Crippen LogP contribution in [0.15, 0.2) is 28.7 Å². The van der Waals surface area contributed by atoms with Gasteiger partial charge in [-0.05, 0) is 37.6 Å². The summed E-state index contributed by atoms with van der Waals surface area (Å²) in [5, 5.41) is 5.86. The van der Waals surface area contributed by atoms with Gasteiger partial charge in [-0.25, -0.2) is 8.42 Å². The lowest BCUT2D eigenvalue weighted by atomic mass is 10.2. The third-order valence-electron chi connectivity index (χ3n) is 3.20. The van der Waals surface area contributed by atoms with E-state index in [0.29, 0.717) is 6.42 Å². The molecule has 0 aliphatic carbocycles. The van der Waals surface area contributed by atoms with Gasteiger partial charge in [-0.1, -0.05) is 15.9 Å². The second-order valence-corrected chi connectivity index (χ2v) is 8.13. The highest BCUT2D eigenvalue weighted by Crippen LogP contribution is 2.15. The van der Waals surface area contributed by atoms with Crippen LogP contribution < -0.4 is 10.6 Å². The molecule has 0 unspecified atom stereocenters. The van der Waals surface area contributed by atoms with Crippen molar-refractivity contribution in [1.82, 2.24) is 5.32 Å². The van der Waals surface area contributed by atoms with Crippen molar-refractivity contribution in [2.45, 2.75) is 25.4 Å². The third kappa shape index (κ3) is 4.21. The van der Waals surface area contributed by atoms with Gasteiger partial charge < -0.3 is 10.6 Å². The molecule has 1 heterocycles. The van der Waals surface area contributed by atoms with E-state index in [9.17, 15) is 13.2 Å². The van der Waals surface area contributed by atoms with Gasteiger partial charge in [-0.2, -0.15) is 0 Å². The zero-order valence-corrected chi connectivity index (χ0v) is 13.5. The Morgan fingerprint density at radius 3 is 2.55 bits per heavy atom. The Hall–Kier alpha value is -1.08. The van der Waals surface area contributed by atoms with Gasteiger partial charge in [0.2, 0.25) is 5.91 Å². The second-order valence-electron chi connectivity index (χ2n) is 4.98. The van der Waals surface area contributed by atoms with Crippen LogP contribution in [0.5, 0.6) is 0 Å². The fourth-order valence-corrected chi connectivity index (χ4v) is 4.03. The van der Waals surface area contributed by atoms with Crippen LogP contribution in [-0.2, 0) is 14.6 Å². The van der Waals surface area contributed by atoms with Gasteiger partial charge in [-0.15, -0.1) is 0 Å². The van der Waals surface area contributed by atoms with E-state index in [1.54, 1.807) is 6.92 Å². The first-order chi connectivity index (χ1) is 9.35. The second kappa shape index (κ2) is 6.13. The van der Waals surface area contributed by atoms with E-state index in [1.165, 1.54) is 0 Å². The summed E-state index contributed by atoms with van der Waals surface area (Å²) in [4.78, 5) is 12.0. The van der Waals surface area contributed by atoms with E-state index >= 15 is 0 Å². The number of hydrogen-bond acceptors (Lipinski definition) is 4. The fourth-order valence-electron chi connectivity index (χ4n) is 2.10. The number of carbonyl (C=O) groups excluding carboxylic acids is 1. The molecule has 0 bridgehead atoms. The molecule has 110 valence electrons. The summed E-state index contributed by atoms with van der Waals surface area (Å²) in [6.07, 6.45) is 0.499. The summed E-state index contributed by atoms with van der Waals surface area (Å²) in [6.45, 7) is 1.75. The van der Waals surface area contributed by atoms with Crippen LogP contribution in [0.1, 0.15) is 13.3 Å². The Kier molecular flexibility index (Phi) is 4.70. The van der Waals surface area contributed by atoms with Crippen LogP contribution >= 0.6 is 15.9 Å². The molecule has 2 rings (SSSR count). The number of hydrogen-bond donors (Lipinski definition) is 2. The molecule has 2 N–H and O–H groups in total. The first-order valence-electron chi connectivity index (χ1n) is 6.39. The Labute approximate surface area is 127 Å². The summed E-state index contributed by atoms with van der Waals surface area (Å²) >= 11 is 3.35. The molecule has 2 atom stereocenters. The molecular formula is C13H17BrN2O3S. The van der Waals surface area contributed by atoms with Gasteiger partial charge in [-0.3, -0.25) is 4.79 Å². The predicted molar refractivity (Wildman–Crippen MR) is 82.4 cm³/mol. The summed E-state index contributed by atoms with van der Waals surface area (Å²) in [5.41, 5.74) is 0.842. The lowest BCUT2D eigenvalue weighted by Gasteiger charge is -2.18. The molecule has 20 heavy (non-hydrogen) atoms. The average molecular weight is 361 g/mol. The van der Waals surface area contributed by atoms with Crippen LogP contribution in [-0.4, -0.2) is 37.9 Å². The molecule has 1 amide bonds. The maximum absolute atomic E-state index is 12.0. The van der Waals surface area contributed by atoms with Gasteiger partial charge in [0.15, 0.2) is 9.84 Å². The van der Waals surface area contributed by atoms with Gasteiger partial charge in [0.1, 0.15) is 6.04 Å². The minimum Gasteiger partial charge on any atom is -0.374 e. The molecule has 1 saturated heterocycles. The SMILES string of the molecule is C[C@H](Nc1ccc(Br)cc1)C(=O)N[C@H]1CCS(=O)(=O)C1. The quantitative estimate of drug-likeness (QED) is 0.854. The number of amides is 1. The highest BCUT2D eigenvalue weighted by molar-refractivity contribution is 9.10. The van der Waals surface area contributed by atoms with Crippen LogP contribution in [0, 0.1) is 0 Å². The van der Waals surface area contributed by atoms with Crippen molar-refractivity contribution in [3.8, 4) is 0 Å². The smallest absolute Gasteiger partial charge is 0.242 e. The van der Waals surface area contributed by atoms with Gasteiger partial charge in [0.05, 0.1) is 11.5 Å². The molecule has 1 fully saturated rings. The zero-order chi connectivity index (χ0) is 14.8. The summed E-state index contributed by atoms with van der Waals surface area (Å²) in [6, 6.07) is 6.83. The van der Waals surface area contributed by atoms with Crippen molar-refractivity contribution in [2.24, 2.45) is 0 Å². The highest BCUT2D eigenvalue weighted by Gasteiger charge is 2.29. The molecule has 1 aromatic rings. The molecule has 0 spiro atoms. The van der Waals surface area contributed by atoms with E-state index in [2.05, 4.69) is 26.6 Å². The highest BCUT2D eigenvalue weighted by atomic mass is 79.9. The van der Waals surface area contributed by atoms with Crippen LogP contribution in [0.3, 0.4) is 0 Å². The number of carbonyl (C=O) groups is 1. The van der Waals surface area contributed by atoms with Gasteiger partial charge >= 0.3 is 0 Å². The van der Waals surface area contributed by atoms with Crippen molar-refractivity contribution in [2.75, 3.05) is 16.8 Å². The first kappa shape index (κ1) is 15.3. The monoisotopic (exact) mass is 360 g/mol. The van der Waals surface area contributed by atoms with Crippen molar-refractivity contribution in [1.29, 1.82) is 0 Å². The van der Waals surface area contributed by atoms with Crippen molar-refractivity contribution >= 4 is 37.4 Å². The number of nitrogens with one attached hydrogen (secondary N) is 2. The van der Waals surface area contributed by atoms with Crippen LogP contribution in [0.25, 0.3) is 0 Å². The predicted octanol–water partition coefficient (Wildman–Crippen LogP) is 1.55. The lowest BCUT2D eigenvalue weighted by Crippen LogP contribution is -2.43. The Balaban J connectivity index is 1.88. The normalized spacial score (nSPS) is 22.2. The molecule has 5 nitrogen and oxygen atoms in total. The van der Waals surface area contributed by atoms with E-state index in [1.807, 2.05) is 24.3 Å². The Morgan fingerprint density at radius 1 is 1.35 bits per heavy atom. The first-order valence-corrected chi connectivity index (χ1v) is 9.00. The molecule has 1 aliphatic heterocycles. The number of rotatable bonds is 4. The summed E-state index contributed by atoms with van der Waals surface area (Å²) in [5.74, 6) is 0.0194. The average Bonchev–Trinajstić information content (AvgIpc) is 2.71. The summed E-state index contributed by atoms with van der Waals surface area (Å²) in [7, 11) is -2.97. The van der Waals surface area contributed by atoms with Crippen molar-refractivity contribution in [3.63, 3.8) is 0 Å². The molecule has 0 aromatic heterocycles. The van der Waals surface area contributed by atoms with Crippen LogP contribution in [0.4, 0.5) is 5.69 Å². The van der Waals surface area contributed by atoms with Gasteiger partial charge in [0, 0.05) is 16.2 Å². The zero-order valence-electron chi connectivity index (χ0n) is 11.1. The molecule has 1 aromatic carbocycles. The van der Waals surface area contributed by atoms with E-state index in [0.717, 1.165) is 10.2 Å². The third-order valence-corrected chi connectivity index (χ3v) is 5.50. The Bertz CT molecular complexity index is 586. The van der Waals surface area contributed by atoms with Crippen LogP contribution in [0.2, 0.25) is 0 Å². The van der Waals surface area contributed by atoms with Crippen molar-refractivity contribution in [3.05, 3.63) is 28.7 Å². The standard InChI is InChI=1S/C13H17BrN2O3S/c1-9(15-11-4-2-10(14)3-5-11)13(17)16-12-6-7-20(18,19)8-12/h2-5,9,12,15H,6-8H2,1H3,(H,16,17)/t9-,12-/m0/s1. The molecule has 0 radical (unpaired) electrons. The molecular weight excluding hydrogens is 344 g/mol. The summed E-state index contributed by atoms with van der Waals surface area (Å²) < 4.78 is 23.7. The minimum atomic E-state index is -2.97. The molecule has 0 saturated carbocycles. The molecule has 1 aliphatic rings. The topological polar surface area (TPSA) is 75.3 Å². The number of benzene rings is 1. The van der Waals surface area contributed by atoms with Gasteiger partial charge in [0.25, 0.3) is 0 Å².